The van der Waals surface area contributed by atoms with Gasteiger partial charge < -0.3 is 10.4 Å². The highest BCUT2D eigenvalue weighted by Gasteiger charge is 2.85. The number of phenols is 1. The number of benzene rings is 1. The smallest absolute Gasteiger partial charge is 0.115 e. The lowest BCUT2D eigenvalue weighted by Gasteiger charge is -2.66. The van der Waals surface area contributed by atoms with Crippen molar-refractivity contribution in [1.82, 2.24) is 10.2 Å². The second-order valence-corrected chi connectivity index (χ2v) is 11.3. The Bertz CT molecular complexity index is 879. The van der Waals surface area contributed by atoms with Crippen molar-refractivity contribution in [2.24, 2.45) is 22.7 Å². The van der Waals surface area contributed by atoms with Crippen LogP contribution in [0.4, 0.5) is 0 Å². The van der Waals surface area contributed by atoms with Crippen LogP contribution in [0.5, 0.6) is 5.75 Å². The molecule has 5 aliphatic carbocycles. The topological polar surface area (TPSA) is 35.5 Å². The van der Waals surface area contributed by atoms with Gasteiger partial charge in [-0.15, -0.1) is 0 Å². The predicted molar refractivity (Wildman–Crippen MR) is 104 cm³/mol. The Hall–Kier alpha value is -1.06. The Morgan fingerprint density at radius 2 is 2.15 bits per heavy atom. The molecule has 6 fully saturated rings. The molecule has 2 spiro atoms. The van der Waals surface area contributed by atoms with E-state index in [0.717, 1.165) is 30.0 Å². The van der Waals surface area contributed by atoms with Crippen molar-refractivity contribution in [2.45, 2.75) is 74.9 Å². The van der Waals surface area contributed by atoms with Crippen molar-refractivity contribution < 1.29 is 5.11 Å². The minimum absolute atomic E-state index is 0.339. The fraction of sp³-hybridized carbons (Fsp3) is 0.750. The molecule has 2 N–H and O–H groups in total. The lowest BCUT2D eigenvalue weighted by molar-refractivity contribution is -0.103. The number of hydrogen-bond acceptors (Lipinski definition) is 3. The molecule has 2 heterocycles. The number of fused-ring (bicyclic) bond motifs is 1. The SMILES string of the molecule is Oc1ccc2c(c1)C13CCN(C4CCC4)C(C2)C12CC1CC4NC[C@]1(C2)C43. The Kier molecular flexibility index (Phi) is 2.34. The maximum absolute atomic E-state index is 10.4. The summed E-state index contributed by atoms with van der Waals surface area (Å²) >= 11 is 0. The highest BCUT2D eigenvalue weighted by atomic mass is 16.3. The molecule has 142 valence electrons. The molecule has 3 nitrogen and oxygen atoms in total. The third-order valence-electron chi connectivity index (χ3n) is 11.1. The van der Waals surface area contributed by atoms with Crippen LogP contribution in [0.3, 0.4) is 0 Å². The van der Waals surface area contributed by atoms with Crippen molar-refractivity contribution in [1.29, 1.82) is 0 Å². The first-order chi connectivity index (χ1) is 13.2. The van der Waals surface area contributed by atoms with Gasteiger partial charge in [0.15, 0.2) is 0 Å². The number of likely N-dealkylation sites (tertiary alicyclic amines) is 1. The monoisotopic (exact) mass is 362 g/mol. The molecule has 1 aromatic carbocycles. The van der Waals surface area contributed by atoms with E-state index in [9.17, 15) is 5.11 Å². The molecule has 8 rings (SSSR count). The third kappa shape index (κ3) is 1.31. The average Bonchev–Trinajstić information content (AvgIpc) is 3.25. The van der Waals surface area contributed by atoms with E-state index in [1.165, 1.54) is 64.5 Å². The molecule has 7 atom stereocenters. The van der Waals surface area contributed by atoms with Crippen LogP contribution >= 0.6 is 0 Å². The summed E-state index contributed by atoms with van der Waals surface area (Å²) in [5.41, 5.74) is 4.55. The zero-order valence-corrected chi connectivity index (χ0v) is 16.1. The molecule has 2 saturated heterocycles. The van der Waals surface area contributed by atoms with Crippen LogP contribution < -0.4 is 5.32 Å². The van der Waals surface area contributed by atoms with Gasteiger partial charge in [-0.25, -0.2) is 0 Å². The van der Waals surface area contributed by atoms with E-state index in [4.69, 9.17) is 0 Å². The van der Waals surface area contributed by atoms with Gasteiger partial charge in [0, 0.05) is 30.1 Å². The normalized spacial score (nSPS) is 54.1. The summed E-state index contributed by atoms with van der Waals surface area (Å²) < 4.78 is 0. The van der Waals surface area contributed by atoms with Gasteiger partial charge >= 0.3 is 0 Å². The van der Waals surface area contributed by atoms with Gasteiger partial charge in [0.2, 0.25) is 0 Å². The molecular weight excluding hydrogens is 332 g/mol. The lowest BCUT2D eigenvalue weighted by Crippen LogP contribution is -2.69. The minimum atomic E-state index is 0.339. The lowest BCUT2D eigenvalue weighted by atomic mass is 9.45. The molecule has 5 bridgehead atoms. The maximum Gasteiger partial charge on any atom is 0.115 e. The molecule has 1 aromatic rings. The number of rotatable bonds is 1. The van der Waals surface area contributed by atoms with Crippen LogP contribution in [0.15, 0.2) is 18.2 Å². The Balaban J connectivity index is 1.41. The van der Waals surface area contributed by atoms with Gasteiger partial charge in [-0.1, -0.05) is 12.5 Å². The first-order valence-electron chi connectivity index (χ1n) is 11.5. The number of hydrogen-bond donors (Lipinski definition) is 2. The summed E-state index contributed by atoms with van der Waals surface area (Å²) in [4.78, 5) is 3.00. The maximum atomic E-state index is 10.4. The molecule has 0 amide bonds. The van der Waals surface area contributed by atoms with Gasteiger partial charge in [-0.3, -0.25) is 4.90 Å². The molecule has 27 heavy (non-hydrogen) atoms. The van der Waals surface area contributed by atoms with E-state index in [-0.39, 0.29) is 0 Å². The van der Waals surface area contributed by atoms with Crippen molar-refractivity contribution in [3.8, 4) is 5.75 Å². The van der Waals surface area contributed by atoms with Gasteiger partial charge in [0.1, 0.15) is 5.75 Å². The molecule has 3 heteroatoms. The van der Waals surface area contributed by atoms with Gasteiger partial charge in [-0.2, -0.15) is 0 Å². The number of phenolic OH excluding ortho intramolecular Hbond substituents is 1. The second kappa shape index (κ2) is 4.26. The van der Waals surface area contributed by atoms with Gasteiger partial charge in [0.25, 0.3) is 0 Å². The highest BCUT2D eigenvalue weighted by molar-refractivity contribution is 5.53. The summed E-state index contributed by atoms with van der Waals surface area (Å²) in [6, 6.07) is 8.81. The molecule has 6 unspecified atom stereocenters. The van der Waals surface area contributed by atoms with E-state index in [1.54, 1.807) is 11.1 Å². The number of nitrogens with zero attached hydrogens (tertiary/aromatic N) is 1. The quantitative estimate of drug-likeness (QED) is 0.805. The standard InChI is InChI=1S/C24H30N2O/c27-17-5-4-14-8-20-23-11-15-9-19-21(22(15,12-23)13-25-19)24(23,18(14)10-17)6-7-26(20)16-2-1-3-16/h4-5,10,15-16,19-21,25,27H,1-3,6-9,11-13H2/t15?,19?,20?,21?,22-,23?,24?/m0/s1. The summed E-state index contributed by atoms with van der Waals surface area (Å²) in [6.07, 6.45) is 11.3. The second-order valence-electron chi connectivity index (χ2n) is 11.3. The first kappa shape index (κ1) is 14.9. The zero-order chi connectivity index (χ0) is 17.6. The van der Waals surface area contributed by atoms with Crippen LogP contribution in [0.2, 0.25) is 0 Å². The molecule has 2 aliphatic heterocycles. The Morgan fingerprint density at radius 1 is 1.22 bits per heavy atom. The molecular formula is C24H30N2O. The molecule has 0 radical (unpaired) electrons. The Labute approximate surface area is 161 Å². The van der Waals surface area contributed by atoms with Crippen LogP contribution in [0.25, 0.3) is 0 Å². The fourth-order valence-corrected chi connectivity index (χ4v) is 10.4. The first-order valence-corrected chi connectivity index (χ1v) is 11.5. The summed E-state index contributed by atoms with van der Waals surface area (Å²) in [5.74, 6) is 2.30. The van der Waals surface area contributed by atoms with Crippen LogP contribution in [-0.2, 0) is 11.8 Å². The van der Waals surface area contributed by atoms with E-state index in [0.29, 0.717) is 22.0 Å². The molecule has 0 aromatic heterocycles. The van der Waals surface area contributed by atoms with E-state index >= 15 is 0 Å². The van der Waals surface area contributed by atoms with E-state index in [2.05, 4.69) is 22.3 Å². The van der Waals surface area contributed by atoms with Crippen LogP contribution in [0, 0.1) is 22.7 Å². The fourth-order valence-electron chi connectivity index (χ4n) is 10.4. The van der Waals surface area contributed by atoms with Crippen molar-refractivity contribution in [2.75, 3.05) is 13.1 Å². The average molecular weight is 363 g/mol. The zero-order valence-electron chi connectivity index (χ0n) is 16.1. The minimum Gasteiger partial charge on any atom is -0.508 e. The van der Waals surface area contributed by atoms with E-state index in [1.807, 2.05) is 6.07 Å². The molecule has 4 saturated carbocycles. The van der Waals surface area contributed by atoms with Crippen LogP contribution in [0.1, 0.15) is 56.1 Å². The van der Waals surface area contributed by atoms with Crippen molar-refractivity contribution in [3.05, 3.63) is 29.3 Å². The van der Waals surface area contributed by atoms with Gasteiger partial charge in [-0.05, 0) is 97.4 Å². The summed E-state index contributed by atoms with van der Waals surface area (Å²) in [6.45, 7) is 2.58. The van der Waals surface area contributed by atoms with Crippen molar-refractivity contribution >= 4 is 0 Å². The van der Waals surface area contributed by atoms with Gasteiger partial charge in [0.05, 0.1) is 0 Å². The largest absolute Gasteiger partial charge is 0.508 e. The summed E-state index contributed by atoms with van der Waals surface area (Å²) in [5, 5.41) is 14.4. The van der Waals surface area contributed by atoms with Crippen molar-refractivity contribution in [3.63, 3.8) is 0 Å². The molecule has 7 aliphatic rings. The van der Waals surface area contributed by atoms with Crippen LogP contribution in [-0.4, -0.2) is 41.2 Å². The third-order valence-corrected chi connectivity index (χ3v) is 11.1. The number of aromatic hydroxyl groups is 1. The number of nitrogens with one attached hydrogen (secondary N) is 1. The highest BCUT2D eigenvalue weighted by Crippen LogP contribution is 2.85. The summed E-state index contributed by atoms with van der Waals surface area (Å²) in [7, 11) is 0. The predicted octanol–water partition coefficient (Wildman–Crippen LogP) is 3.20. The van der Waals surface area contributed by atoms with E-state index < -0.39 is 0 Å². The number of piperidine rings is 2. The Morgan fingerprint density at radius 3 is 3.00 bits per heavy atom.